The quantitative estimate of drug-likeness (QED) is 0.928. The van der Waals surface area contributed by atoms with Gasteiger partial charge in [0.05, 0.1) is 6.04 Å². The first-order chi connectivity index (χ1) is 9.83. The van der Waals surface area contributed by atoms with Gasteiger partial charge < -0.3 is 9.88 Å². The molecule has 0 amide bonds. The van der Waals surface area contributed by atoms with Crippen molar-refractivity contribution in [2.24, 2.45) is 5.92 Å². The number of fused-ring (bicyclic) bond motifs is 1. The number of nitrogens with zero attached hydrogens (tertiary/aromatic N) is 3. The molecule has 0 aliphatic carbocycles. The van der Waals surface area contributed by atoms with Gasteiger partial charge in [-0.15, -0.1) is 0 Å². The minimum atomic E-state index is 0.384. The lowest BCUT2D eigenvalue weighted by Gasteiger charge is -2.29. The summed E-state index contributed by atoms with van der Waals surface area (Å²) in [5.74, 6) is 2.00. The summed E-state index contributed by atoms with van der Waals surface area (Å²) in [7, 11) is 0. The molecular weight excluding hydrogens is 248 g/mol. The Morgan fingerprint density at radius 2 is 2.30 bits per heavy atom. The molecule has 0 aromatic carbocycles. The van der Waals surface area contributed by atoms with Gasteiger partial charge in [-0.05, 0) is 43.9 Å². The van der Waals surface area contributed by atoms with Gasteiger partial charge in [0, 0.05) is 12.7 Å². The Hall–Kier alpha value is -1.42. The van der Waals surface area contributed by atoms with Crippen LogP contribution in [0.25, 0.3) is 11.2 Å². The van der Waals surface area contributed by atoms with Gasteiger partial charge in [0.1, 0.15) is 11.3 Å². The van der Waals surface area contributed by atoms with Crippen LogP contribution in [0, 0.1) is 5.92 Å². The Labute approximate surface area is 120 Å². The first kappa shape index (κ1) is 13.6. The van der Waals surface area contributed by atoms with Crippen molar-refractivity contribution in [2.45, 2.75) is 52.1 Å². The SMILES string of the molecule is CCCn1c(C2CC(CC)CCN2)nc2cccnc21. The molecule has 1 saturated heterocycles. The molecule has 0 radical (unpaired) electrons. The zero-order valence-corrected chi connectivity index (χ0v) is 12.5. The fourth-order valence-corrected chi connectivity index (χ4v) is 3.25. The van der Waals surface area contributed by atoms with Crippen LogP contribution in [-0.4, -0.2) is 21.1 Å². The van der Waals surface area contributed by atoms with Crippen molar-refractivity contribution in [2.75, 3.05) is 6.54 Å². The molecule has 1 aliphatic rings. The van der Waals surface area contributed by atoms with Crippen LogP contribution in [0.2, 0.25) is 0 Å². The maximum atomic E-state index is 4.86. The van der Waals surface area contributed by atoms with E-state index in [-0.39, 0.29) is 0 Å². The predicted octanol–water partition coefficient (Wildman–Crippen LogP) is 3.29. The third kappa shape index (κ3) is 2.44. The van der Waals surface area contributed by atoms with Crippen LogP contribution in [0.15, 0.2) is 18.3 Å². The van der Waals surface area contributed by atoms with Crippen LogP contribution in [0.4, 0.5) is 0 Å². The van der Waals surface area contributed by atoms with Gasteiger partial charge in [-0.3, -0.25) is 0 Å². The van der Waals surface area contributed by atoms with Gasteiger partial charge >= 0.3 is 0 Å². The van der Waals surface area contributed by atoms with E-state index in [1.807, 2.05) is 12.3 Å². The average Bonchev–Trinajstić information content (AvgIpc) is 2.87. The second-order valence-corrected chi connectivity index (χ2v) is 5.77. The molecule has 1 N–H and O–H groups in total. The van der Waals surface area contributed by atoms with Crippen LogP contribution in [0.1, 0.15) is 51.4 Å². The number of rotatable bonds is 4. The molecule has 0 spiro atoms. The van der Waals surface area contributed by atoms with Crippen molar-refractivity contribution in [3.05, 3.63) is 24.2 Å². The van der Waals surface area contributed by atoms with E-state index >= 15 is 0 Å². The van der Waals surface area contributed by atoms with Crippen molar-refractivity contribution >= 4 is 11.2 Å². The molecule has 0 bridgehead atoms. The molecule has 2 atom stereocenters. The zero-order valence-electron chi connectivity index (χ0n) is 12.5. The molecule has 20 heavy (non-hydrogen) atoms. The molecule has 2 aromatic rings. The van der Waals surface area contributed by atoms with Crippen LogP contribution >= 0.6 is 0 Å². The van der Waals surface area contributed by atoms with Gasteiger partial charge in [0.25, 0.3) is 0 Å². The van der Waals surface area contributed by atoms with Crippen molar-refractivity contribution < 1.29 is 0 Å². The summed E-state index contributed by atoms with van der Waals surface area (Å²) in [6.07, 6.45) is 6.73. The van der Waals surface area contributed by atoms with E-state index in [0.29, 0.717) is 6.04 Å². The highest BCUT2D eigenvalue weighted by molar-refractivity contribution is 5.71. The second-order valence-electron chi connectivity index (χ2n) is 5.77. The van der Waals surface area contributed by atoms with Crippen molar-refractivity contribution in [1.29, 1.82) is 0 Å². The zero-order chi connectivity index (χ0) is 13.9. The third-order valence-electron chi connectivity index (χ3n) is 4.38. The van der Waals surface area contributed by atoms with Crippen LogP contribution in [0.5, 0.6) is 0 Å². The molecule has 2 unspecified atom stereocenters. The van der Waals surface area contributed by atoms with E-state index < -0.39 is 0 Å². The number of aromatic nitrogens is 3. The van der Waals surface area contributed by atoms with Gasteiger partial charge in [-0.2, -0.15) is 0 Å². The number of piperidine rings is 1. The molecule has 4 heteroatoms. The minimum absolute atomic E-state index is 0.384. The highest BCUT2D eigenvalue weighted by atomic mass is 15.2. The van der Waals surface area contributed by atoms with Crippen molar-refractivity contribution in [3.63, 3.8) is 0 Å². The summed E-state index contributed by atoms with van der Waals surface area (Å²) in [5.41, 5.74) is 2.06. The number of hydrogen-bond acceptors (Lipinski definition) is 3. The minimum Gasteiger partial charge on any atom is -0.311 e. The van der Waals surface area contributed by atoms with E-state index in [9.17, 15) is 0 Å². The molecule has 1 fully saturated rings. The number of hydrogen-bond donors (Lipinski definition) is 1. The maximum Gasteiger partial charge on any atom is 0.160 e. The van der Waals surface area contributed by atoms with Crippen LogP contribution in [0.3, 0.4) is 0 Å². The molecule has 108 valence electrons. The standard InChI is InChI=1S/C16H24N4/c1-3-10-20-15-13(6-5-8-18-15)19-16(20)14-11-12(4-2)7-9-17-14/h5-6,8,12,14,17H,3-4,7,9-11H2,1-2H3. The summed E-state index contributed by atoms with van der Waals surface area (Å²) in [6, 6.07) is 4.42. The van der Waals surface area contributed by atoms with E-state index in [0.717, 1.165) is 36.6 Å². The molecule has 1 aliphatic heterocycles. The summed E-state index contributed by atoms with van der Waals surface area (Å²) < 4.78 is 2.31. The highest BCUT2D eigenvalue weighted by Gasteiger charge is 2.26. The lowest BCUT2D eigenvalue weighted by Crippen LogP contribution is -2.33. The van der Waals surface area contributed by atoms with E-state index in [4.69, 9.17) is 4.98 Å². The van der Waals surface area contributed by atoms with Crippen molar-refractivity contribution in [3.8, 4) is 0 Å². The van der Waals surface area contributed by atoms with Gasteiger partial charge in [0.2, 0.25) is 0 Å². The molecule has 4 nitrogen and oxygen atoms in total. The van der Waals surface area contributed by atoms with Gasteiger partial charge in [-0.25, -0.2) is 9.97 Å². The predicted molar refractivity (Wildman–Crippen MR) is 81.6 cm³/mol. The molecule has 3 heterocycles. The Morgan fingerprint density at radius 1 is 1.40 bits per heavy atom. The van der Waals surface area contributed by atoms with Gasteiger partial charge in [-0.1, -0.05) is 20.3 Å². The Kier molecular flexibility index (Phi) is 4.01. The maximum absolute atomic E-state index is 4.86. The lowest BCUT2D eigenvalue weighted by atomic mass is 9.90. The van der Waals surface area contributed by atoms with Crippen LogP contribution < -0.4 is 5.32 Å². The monoisotopic (exact) mass is 272 g/mol. The second kappa shape index (κ2) is 5.92. The number of nitrogens with one attached hydrogen (secondary N) is 1. The fraction of sp³-hybridized carbons (Fsp3) is 0.625. The molecule has 3 rings (SSSR count). The smallest absolute Gasteiger partial charge is 0.160 e. The number of aryl methyl sites for hydroxylation is 1. The highest BCUT2D eigenvalue weighted by Crippen LogP contribution is 2.30. The third-order valence-corrected chi connectivity index (χ3v) is 4.38. The summed E-state index contributed by atoms with van der Waals surface area (Å²) >= 11 is 0. The van der Waals surface area contributed by atoms with Crippen LogP contribution in [-0.2, 0) is 6.54 Å². The lowest BCUT2D eigenvalue weighted by molar-refractivity contribution is 0.286. The Morgan fingerprint density at radius 3 is 3.10 bits per heavy atom. The summed E-state index contributed by atoms with van der Waals surface area (Å²) in [5, 5.41) is 3.65. The molecule has 2 aromatic heterocycles. The molecule has 0 saturated carbocycles. The Bertz CT molecular complexity index is 575. The number of pyridine rings is 1. The van der Waals surface area contributed by atoms with Crippen molar-refractivity contribution in [1.82, 2.24) is 19.9 Å². The fourth-order valence-electron chi connectivity index (χ4n) is 3.25. The van der Waals surface area contributed by atoms with E-state index in [2.05, 4.69) is 34.8 Å². The van der Waals surface area contributed by atoms with E-state index in [1.165, 1.54) is 25.1 Å². The molecular formula is C16H24N4. The first-order valence-corrected chi connectivity index (χ1v) is 7.88. The van der Waals surface area contributed by atoms with Gasteiger partial charge in [0.15, 0.2) is 5.65 Å². The normalized spacial score (nSPS) is 23.3. The largest absolute Gasteiger partial charge is 0.311 e. The summed E-state index contributed by atoms with van der Waals surface area (Å²) in [4.78, 5) is 9.39. The number of imidazole rings is 1. The average molecular weight is 272 g/mol. The summed E-state index contributed by atoms with van der Waals surface area (Å²) in [6.45, 7) is 6.61. The topological polar surface area (TPSA) is 42.7 Å². The Balaban J connectivity index is 1.99. The first-order valence-electron chi connectivity index (χ1n) is 7.88. The van der Waals surface area contributed by atoms with E-state index in [1.54, 1.807) is 0 Å².